The van der Waals surface area contributed by atoms with Gasteiger partial charge in [-0.2, -0.15) is 13.2 Å². The van der Waals surface area contributed by atoms with E-state index in [-0.39, 0.29) is 48.8 Å². The third kappa shape index (κ3) is 8.21. The fraction of sp³-hybridized carbons (Fsp3) is 0.281. The van der Waals surface area contributed by atoms with E-state index >= 15 is 0 Å². The number of alkyl halides is 3. The molecule has 3 aromatic rings. The van der Waals surface area contributed by atoms with Crippen molar-refractivity contribution in [3.63, 3.8) is 0 Å². The lowest BCUT2D eigenvalue weighted by molar-refractivity contribution is -0.137. The minimum absolute atomic E-state index is 0.0461. The Morgan fingerprint density at radius 1 is 1.11 bits per heavy atom. The zero-order valence-electron chi connectivity index (χ0n) is 24.0. The number of hydrogen-bond acceptors (Lipinski definition) is 7. The average molecular weight is 738 g/mol. The van der Waals surface area contributed by atoms with Gasteiger partial charge in [0, 0.05) is 36.2 Å². The summed E-state index contributed by atoms with van der Waals surface area (Å²) in [6, 6.07) is 14.5. The molecule has 0 saturated heterocycles. The number of nitrogens with one attached hydrogen (secondary N) is 1. The summed E-state index contributed by atoms with van der Waals surface area (Å²) >= 11 is 1.94. The van der Waals surface area contributed by atoms with Gasteiger partial charge in [0.2, 0.25) is 5.91 Å². The molecule has 0 aliphatic heterocycles. The van der Waals surface area contributed by atoms with E-state index in [1.54, 1.807) is 36.4 Å². The number of carbonyl (C=O) groups is 3. The van der Waals surface area contributed by atoms with Crippen LogP contribution in [-0.4, -0.2) is 71.7 Å². The van der Waals surface area contributed by atoms with Gasteiger partial charge in [0.15, 0.2) is 11.5 Å². The molecule has 1 aliphatic rings. The van der Waals surface area contributed by atoms with Gasteiger partial charge in [-0.1, -0.05) is 30.3 Å². The van der Waals surface area contributed by atoms with Crippen LogP contribution in [-0.2, 0) is 17.5 Å². The summed E-state index contributed by atoms with van der Waals surface area (Å²) in [4.78, 5) is 39.8. The van der Waals surface area contributed by atoms with Gasteiger partial charge < -0.3 is 29.9 Å². The van der Waals surface area contributed by atoms with Crippen LogP contribution in [0.3, 0.4) is 0 Å². The van der Waals surface area contributed by atoms with Gasteiger partial charge in [0.25, 0.3) is 5.91 Å². The monoisotopic (exact) mass is 738 g/mol. The molecule has 3 aromatic carbocycles. The molecule has 0 fully saturated rings. The Balaban J connectivity index is 1.77. The summed E-state index contributed by atoms with van der Waals surface area (Å²) in [5.41, 5.74) is 0.172. The molecule has 0 aromatic heterocycles. The van der Waals surface area contributed by atoms with Crippen LogP contribution >= 0.6 is 22.6 Å². The molecule has 45 heavy (non-hydrogen) atoms. The zero-order valence-corrected chi connectivity index (χ0v) is 26.1. The number of aliphatic hydroxyl groups excluding tert-OH is 2. The SMILES string of the molecule is COc1cc(C=O)cc(I)c1O[C@H]1C=C(C(=O)NCCO)C[C@@H](N(Cc2ccccc2)C(=O)c2ccc(C(F)(F)F)cc2)[C@@H]1O. The van der Waals surface area contributed by atoms with Crippen molar-refractivity contribution in [1.82, 2.24) is 10.2 Å². The molecule has 2 amide bonds. The van der Waals surface area contributed by atoms with Gasteiger partial charge in [-0.3, -0.25) is 14.4 Å². The number of carbonyl (C=O) groups excluding carboxylic acids is 3. The van der Waals surface area contributed by atoms with E-state index < -0.39 is 41.8 Å². The summed E-state index contributed by atoms with van der Waals surface area (Å²) < 4.78 is 51.8. The van der Waals surface area contributed by atoms with Crippen molar-refractivity contribution in [3.8, 4) is 11.5 Å². The Morgan fingerprint density at radius 2 is 1.80 bits per heavy atom. The number of aliphatic hydroxyl groups is 2. The number of halogens is 4. The first kappa shape index (κ1) is 33.9. The largest absolute Gasteiger partial charge is 0.493 e. The van der Waals surface area contributed by atoms with Crippen LogP contribution in [0.25, 0.3) is 0 Å². The van der Waals surface area contributed by atoms with Crippen molar-refractivity contribution in [2.45, 2.75) is 37.4 Å². The summed E-state index contributed by atoms with van der Waals surface area (Å²) in [6.07, 6.45) is -5.30. The van der Waals surface area contributed by atoms with Crippen LogP contribution < -0.4 is 14.8 Å². The third-order valence-electron chi connectivity index (χ3n) is 7.17. The van der Waals surface area contributed by atoms with Gasteiger partial charge in [-0.05, 0) is 70.6 Å². The van der Waals surface area contributed by atoms with Crippen LogP contribution in [0, 0.1) is 3.57 Å². The maximum Gasteiger partial charge on any atom is 0.416 e. The number of methoxy groups -OCH3 is 1. The van der Waals surface area contributed by atoms with E-state index in [4.69, 9.17) is 9.47 Å². The van der Waals surface area contributed by atoms with Crippen molar-refractivity contribution >= 4 is 40.7 Å². The van der Waals surface area contributed by atoms with Crippen molar-refractivity contribution in [2.75, 3.05) is 20.3 Å². The maximum atomic E-state index is 14.0. The first-order valence-corrected chi connectivity index (χ1v) is 14.8. The van der Waals surface area contributed by atoms with Crippen molar-refractivity contribution in [1.29, 1.82) is 0 Å². The standard InChI is InChI=1S/C32H30F3IN2O7/c1-44-27-14-20(18-40)13-24(36)29(27)45-26-16-22(30(42)37-11-12-39)15-25(28(26)41)38(17-19-5-3-2-4-6-19)31(43)21-7-9-23(10-8-21)32(33,34)35/h2-10,13-14,16,18,25-26,28,39,41H,11-12,15,17H2,1H3,(H,37,42)/t25-,26+,28+/m1/s1. The Kier molecular flexibility index (Phi) is 11.2. The highest BCUT2D eigenvalue weighted by Crippen LogP contribution is 2.37. The lowest BCUT2D eigenvalue weighted by Gasteiger charge is -2.40. The molecule has 4 rings (SSSR count). The van der Waals surface area contributed by atoms with E-state index in [1.807, 2.05) is 22.6 Å². The molecule has 13 heteroatoms. The molecule has 0 spiro atoms. The lowest BCUT2D eigenvalue weighted by atomic mass is 9.87. The molecule has 0 saturated carbocycles. The number of aldehydes is 1. The lowest BCUT2D eigenvalue weighted by Crippen LogP contribution is -2.54. The molecule has 1 aliphatic carbocycles. The molecule has 0 radical (unpaired) electrons. The predicted molar refractivity (Wildman–Crippen MR) is 166 cm³/mol. The Morgan fingerprint density at radius 3 is 2.40 bits per heavy atom. The fourth-order valence-corrected chi connectivity index (χ4v) is 5.68. The number of hydrogen-bond donors (Lipinski definition) is 3. The van der Waals surface area contributed by atoms with Gasteiger partial charge in [0.05, 0.1) is 28.9 Å². The van der Waals surface area contributed by atoms with E-state index in [0.29, 0.717) is 21.0 Å². The van der Waals surface area contributed by atoms with Crippen LogP contribution in [0.15, 0.2) is 78.4 Å². The van der Waals surface area contributed by atoms with E-state index in [9.17, 15) is 37.8 Å². The zero-order chi connectivity index (χ0) is 32.7. The molecule has 0 heterocycles. The summed E-state index contributed by atoms with van der Waals surface area (Å²) in [6.45, 7) is -0.419. The first-order valence-electron chi connectivity index (χ1n) is 13.8. The van der Waals surface area contributed by atoms with E-state index in [2.05, 4.69) is 5.32 Å². The van der Waals surface area contributed by atoms with E-state index in [0.717, 1.165) is 24.3 Å². The Hall–Kier alpha value is -3.95. The van der Waals surface area contributed by atoms with Crippen molar-refractivity contribution < 1.29 is 47.2 Å². The van der Waals surface area contributed by atoms with E-state index in [1.165, 1.54) is 24.2 Å². The summed E-state index contributed by atoms with van der Waals surface area (Å²) in [5.74, 6) is -0.854. The number of amides is 2. The van der Waals surface area contributed by atoms with Crippen molar-refractivity contribution in [2.24, 2.45) is 0 Å². The maximum absolute atomic E-state index is 14.0. The second-order valence-electron chi connectivity index (χ2n) is 10.2. The van der Waals surface area contributed by atoms with Gasteiger partial charge in [0.1, 0.15) is 18.5 Å². The smallest absolute Gasteiger partial charge is 0.416 e. The van der Waals surface area contributed by atoms with Gasteiger partial charge in [-0.15, -0.1) is 0 Å². The summed E-state index contributed by atoms with van der Waals surface area (Å²) in [5, 5.41) is 23.5. The third-order valence-corrected chi connectivity index (χ3v) is 7.97. The molecule has 9 nitrogen and oxygen atoms in total. The normalized spacial score (nSPS) is 18.0. The molecule has 0 unspecified atom stereocenters. The number of nitrogens with zero attached hydrogens (tertiary/aromatic N) is 1. The van der Waals surface area contributed by atoms with Crippen molar-refractivity contribution in [3.05, 3.63) is 104 Å². The van der Waals surface area contributed by atoms with Crippen LogP contribution in [0.1, 0.15) is 38.3 Å². The molecule has 238 valence electrons. The summed E-state index contributed by atoms with van der Waals surface area (Å²) in [7, 11) is 1.38. The number of ether oxygens (including phenoxy) is 2. The minimum Gasteiger partial charge on any atom is -0.493 e. The highest BCUT2D eigenvalue weighted by atomic mass is 127. The van der Waals surface area contributed by atoms with Gasteiger partial charge in [-0.25, -0.2) is 0 Å². The highest BCUT2D eigenvalue weighted by Gasteiger charge is 2.41. The van der Waals surface area contributed by atoms with Crippen LogP contribution in [0.4, 0.5) is 13.2 Å². The van der Waals surface area contributed by atoms with Gasteiger partial charge >= 0.3 is 6.18 Å². The Bertz CT molecular complexity index is 1550. The molecule has 3 N–H and O–H groups in total. The van der Waals surface area contributed by atoms with Crippen LogP contribution in [0.2, 0.25) is 0 Å². The molecule has 0 bridgehead atoms. The topological polar surface area (TPSA) is 125 Å². The number of rotatable bonds is 11. The minimum atomic E-state index is -4.60. The predicted octanol–water partition coefficient (Wildman–Crippen LogP) is 4.39. The highest BCUT2D eigenvalue weighted by molar-refractivity contribution is 14.1. The second-order valence-corrected chi connectivity index (χ2v) is 11.3. The Labute approximate surface area is 270 Å². The first-order chi connectivity index (χ1) is 21.5. The number of benzene rings is 3. The molecule has 3 atom stereocenters. The quantitative estimate of drug-likeness (QED) is 0.197. The average Bonchev–Trinajstić information content (AvgIpc) is 3.04. The fourth-order valence-electron chi connectivity index (χ4n) is 4.93. The second kappa shape index (κ2) is 14.9. The molecular formula is C32H30F3IN2O7. The molecular weight excluding hydrogens is 708 g/mol. The van der Waals surface area contributed by atoms with Crippen LogP contribution in [0.5, 0.6) is 11.5 Å².